The van der Waals surface area contributed by atoms with Crippen LogP contribution in [0.2, 0.25) is 0 Å². The number of ether oxygens (including phenoxy) is 3. The van der Waals surface area contributed by atoms with Crippen molar-refractivity contribution in [1.82, 2.24) is 34.9 Å². The number of aromatic nitrogens is 7. The minimum absolute atomic E-state index is 0.0326. The maximum Gasteiger partial charge on any atom is 0.325 e. The predicted octanol–water partition coefficient (Wildman–Crippen LogP) is 1.60. The second-order valence-electron chi connectivity index (χ2n) is 8.35. The third kappa shape index (κ3) is 4.54. The number of pyridine rings is 1. The van der Waals surface area contributed by atoms with Gasteiger partial charge in [-0.3, -0.25) is 9.78 Å². The lowest BCUT2D eigenvalue weighted by molar-refractivity contribution is 0.00819. The first kappa shape index (κ1) is 23.5. The van der Waals surface area contributed by atoms with Gasteiger partial charge in [0.1, 0.15) is 11.8 Å². The molecule has 5 rings (SSSR count). The number of hydrogen-bond acceptors (Lipinski definition) is 9. The Kier molecular flexibility index (Phi) is 6.18. The fraction of sp³-hybridized carbons (Fsp3) is 0.364. The summed E-state index contributed by atoms with van der Waals surface area (Å²) in [7, 11) is 1.55. The summed E-state index contributed by atoms with van der Waals surface area (Å²) in [5, 5.41) is 12.5. The molecule has 36 heavy (non-hydrogen) atoms. The number of fused-ring (bicyclic) bond motifs is 1. The highest BCUT2D eigenvalue weighted by Crippen LogP contribution is 2.33. The van der Waals surface area contributed by atoms with Gasteiger partial charge in [0, 0.05) is 37.0 Å². The lowest BCUT2D eigenvalue weighted by Gasteiger charge is -2.19. The van der Waals surface area contributed by atoms with Crippen LogP contribution in [0.5, 0.6) is 11.8 Å². The Labute approximate surface area is 201 Å². The van der Waals surface area contributed by atoms with Crippen molar-refractivity contribution in [2.45, 2.75) is 25.6 Å². The van der Waals surface area contributed by atoms with Gasteiger partial charge in [-0.25, -0.2) is 23.2 Å². The van der Waals surface area contributed by atoms with E-state index in [0.29, 0.717) is 13.2 Å². The molecule has 0 aliphatic carbocycles. The second kappa shape index (κ2) is 9.45. The number of halogens is 2. The van der Waals surface area contributed by atoms with Crippen molar-refractivity contribution >= 4 is 11.0 Å². The third-order valence-corrected chi connectivity index (χ3v) is 5.77. The van der Waals surface area contributed by atoms with Crippen molar-refractivity contribution in [3.05, 3.63) is 57.0 Å². The average Bonchev–Trinajstić information content (AvgIpc) is 3.39. The molecule has 14 heteroatoms. The number of H-pyrrole nitrogens is 2. The molecule has 2 N–H and O–H groups in total. The molecule has 1 saturated heterocycles. The van der Waals surface area contributed by atoms with Crippen LogP contribution in [-0.2, 0) is 11.8 Å². The summed E-state index contributed by atoms with van der Waals surface area (Å²) in [5.74, 6) is 0.190. The zero-order valence-corrected chi connectivity index (χ0v) is 19.1. The number of nitrogens with one attached hydrogen (secondary N) is 2. The normalized spacial score (nSPS) is 18.6. The molecule has 5 heterocycles. The highest BCUT2D eigenvalue weighted by Gasteiger charge is 2.30. The molecule has 188 valence electrons. The van der Waals surface area contributed by atoms with Crippen LogP contribution in [0, 0.1) is 5.92 Å². The van der Waals surface area contributed by atoms with E-state index >= 15 is 0 Å². The van der Waals surface area contributed by atoms with Crippen LogP contribution >= 0.6 is 0 Å². The quantitative estimate of drug-likeness (QED) is 0.385. The smallest absolute Gasteiger partial charge is 0.325 e. The van der Waals surface area contributed by atoms with Crippen LogP contribution in [0.25, 0.3) is 22.3 Å². The first-order chi connectivity index (χ1) is 17.3. The van der Waals surface area contributed by atoms with Crippen LogP contribution in [-0.4, -0.2) is 60.7 Å². The van der Waals surface area contributed by atoms with Crippen LogP contribution in [0.4, 0.5) is 8.78 Å². The van der Waals surface area contributed by atoms with Crippen LogP contribution in [0.3, 0.4) is 0 Å². The Morgan fingerprint density at radius 2 is 2.06 bits per heavy atom. The average molecular weight is 501 g/mol. The summed E-state index contributed by atoms with van der Waals surface area (Å²) in [4.78, 5) is 32.1. The summed E-state index contributed by atoms with van der Waals surface area (Å²) in [6, 6.07) is 4.24. The predicted molar refractivity (Wildman–Crippen MR) is 121 cm³/mol. The lowest BCUT2D eigenvalue weighted by atomic mass is 10.1. The van der Waals surface area contributed by atoms with E-state index in [4.69, 9.17) is 14.2 Å². The first-order valence-corrected chi connectivity index (χ1v) is 11.0. The van der Waals surface area contributed by atoms with E-state index in [1.54, 1.807) is 7.05 Å². The summed E-state index contributed by atoms with van der Waals surface area (Å²) in [5.41, 5.74) is -0.852. The van der Waals surface area contributed by atoms with Gasteiger partial charge in [-0.15, -0.1) is 15.3 Å². The van der Waals surface area contributed by atoms with E-state index in [-0.39, 0.29) is 51.6 Å². The number of rotatable bonds is 7. The van der Waals surface area contributed by atoms with Gasteiger partial charge in [-0.05, 0) is 12.1 Å². The van der Waals surface area contributed by atoms with Crippen molar-refractivity contribution in [2.24, 2.45) is 13.0 Å². The van der Waals surface area contributed by atoms with Crippen LogP contribution < -0.4 is 20.7 Å². The monoisotopic (exact) mass is 501 g/mol. The van der Waals surface area contributed by atoms with Crippen molar-refractivity contribution in [1.29, 1.82) is 0 Å². The van der Waals surface area contributed by atoms with Gasteiger partial charge < -0.3 is 19.2 Å². The topological polar surface area (TPSA) is 150 Å². The van der Waals surface area contributed by atoms with Gasteiger partial charge in [0.05, 0.1) is 24.2 Å². The largest absolute Gasteiger partial charge is 0.472 e. The molecule has 1 aliphatic heterocycles. The maximum atomic E-state index is 14.2. The molecule has 0 saturated carbocycles. The van der Waals surface area contributed by atoms with E-state index in [1.165, 1.54) is 35.3 Å². The molecule has 1 aliphatic rings. The van der Waals surface area contributed by atoms with Gasteiger partial charge in [-0.2, -0.15) is 0 Å². The number of aryl methyl sites for hydroxylation is 1. The second-order valence-corrected chi connectivity index (χ2v) is 8.35. The summed E-state index contributed by atoms with van der Waals surface area (Å²) < 4.78 is 46.5. The van der Waals surface area contributed by atoms with Gasteiger partial charge in [0.25, 0.3) is 12.0 Å². The molecule has 0 aromatic carbocycles. The molecule has 12 nitrogen and oxygen atoms in total. The number of alkyl halides is 2. The minimum atomic E-state index is -2.91. The molecule has 0 bridgehead atoms. The lowest BCUT2D eigenvalue weighted by Crippen LogP contribution is -2.24. The van der Waals surface area contributed by atoms with Gasteiger partial charge in [-0.1, -0.05) is 6.92 Å². The zero-order valence-electron chi connectivity index (χ0n) is 19.1. The molecule has 3 atom stereocenters. The SMILES string of the molecule is C[C@@H]1COC[C@H]1Oc1cc([C@@H](Oc2nn(C)c3nnc(-c4c[nH]c(=O)[nH]c4=O)cc23)C(F)F)ccn1. The first-order valence-electron chi connectivity index (χ1n) is 11.0. The minimum Gasteiger partial charge on any atom is -0.472 e. The van der Waals surface area contributed by atoms with Crippen LogP contribution in [0.1, 0.15) is 18.6 Å². The number of aromatic amines is 2. The van der Waals surface area contributed by atoms with Crippen molar-refractivity contribution < 1.29 is 23.0 Å². The molecule has 4 aromatic heterocycles. The van der Waals surface area contributed by atoms with Crippen molar-refractivity contribution in [3.63, 3.8) is 0 Å². The van der Waals surface area contributed by atoms with E-state index in [0.717, 1.165) is 0 Å². The molecule has 0 radical (unpaired) electrons. The molecule has 0 unspecified atom stereocenters. The maximum absolute atomic E-state index is 14.2. The highest BCUT2D eigenvalue weighted by molar-refractivity contribution is 5.84. The van der Waals surface area contributed by atoms with Gasteiger partial charge in [0.2, 0.25) is 11.8 Å². The fourth-order valence-corrected chi connectivity index (χ4v) is 3.84. The molecule has 4 aromatic rings. The summed E-state index contributed by atoms with van der Waals surface area (Å²) in [6.07, 6.45) is -2.29. The Morgan fingerprint density at radius 1 is 1.22 bits per heavy atom. The van der Waals surface area contributed by atoms with E-state index in [9.17, 15) is 18.4 Å². The van der Waals surface area contributed by atoms with Crippen LogP contribution in [0.15, 0.2) is 40.2 Å². The standard InChI is InChI=1S/C22H21F2N7O5/c1-10-8-34-9-15(10)35-16-5-11(3-4-25-16)17(18(23)24)36-21-12-6-14(28-29-19(12)31(2)30-21)13-7-26-22(33)27-20(13)32/h3-7,10,15,17-18H,8-9H2,1-2H3,(H2,26,27,32,33)/t10-,15-,17-/m1/s1. The number of hydrogen-bond donors (Lipinski definition) is 2. The van der Waals surface area contributed by atoms with Gasteiger partial charge >= 0.3 is 5.69 Å². The van der Waals surface area contributed by atoms with E-state index in [1.807, 2.05) is 6.92 Å². The Balaban J connectivity index is 1.48. The fourth-order valence-electron chi connectivity index (χ4n) is 3.84. The molecule has 0 amide bonds. The Morgan fingerprint density at radius 3 is 2.78 bits per heavy atom. The Hall–Kier alpha value is -4.20. The van der Waals surface area contributed by atoms with Crippen molar-refractivity contribution in [3.8, 4) is 23.0 Å². The molecular weight excluding hydrogens is 480 g/mol. The number of nitrogens with zero attached hydrogens (tertiary/aromatic N) is 5. The van der Waals surface area contributed by atoms with E-state index in [2.05, 4.69) is 30.2 Å². The highest BCUT2D eigenvalue weighted by atomic mass is 19.3. The molecular formula is C22H21F2N7O5. The summed E-state index contributed by atoms with van der Waals surface area (Å²) in [6.45, 7) is 2.91. The molecule has 1 fully saturated rings. The van der Waals surface area contributed by atoms with Gasteiger partial charge in [0.15, 0.2) is 11.8 Å². The Bertz CT molecular complexity index is 1520. The zero-order chi connectivity index (χ0) is 25.4. The van der Waals surface area contributed by atoms with E-state index < -0.39 is 23.8 Å². The summed E-state index contributed by atoms with van der Waals surface area (Å²) >= 11 is 0. The van der Waals surface area contributed by atoms with Crippen molar-refractivity contribution in [2.75, 3.05) is 13.2 Å². The third-order valence-electron chi connectivity index (χ3n) is 5.77. The molecule has 0 spiro atoms.